The normalized spacial score (nSPS) is 17.3. The molecule has 1 amide bonds. The van der Waals surface area contributed by atoms with E-state index < -0.39 is 6.04 Å². The van der Waals surface area contributed by atoms with E-state index in [0.29, 0.717) is 12.3 Å². The Morgan fingerprint density at radius 1 is 1.39 bits per heavy atom. The van der Waals surface area contributed by atoms with Crippen molar-refractivity contribution in [3.63, 3.8) is 0 Å². The van der Waals surface area contributed by atoms with Crippen molar-refractivity contribution in [1.82, 2.24) is 5.32 Å². The van der Waals surface area contributed by atoms with E-state index >= 15 is 0 Å². The van der Waals surface area contributed by atoms with Gasteiger partial charge in [0, 0.05) is 5.54 Å². The second-order valence-electron chi connectivity index (χ2n) is 5.78. The zero-order chi connectivity index (χ0) is 13.2. The molecule has 0 heterocycles. The second-order valence-corrected chi connectivity index (χ2v) is 5.78. The van der Waals surface area contributed by atoms with Crippen LogP contribution < -0.4 is 11.1 Å². The Hall–Kier alpha value is -1.35. The lowest BCUT2D eigenvalue weighted by Crippen LogP contribution is -2.52. The molecule has 18 heavy (non-hydrogen) atoms. The highest BCUT2D eigenvalue weighted by Gasteiger charge is 2.39. The molecule has 1 atom stereocenters. The van der Waals surface area contributed by atoms with Gasteiger partial charge in [-0.2, -0.15) is 0 Å². The molecular weight excluding hydrogens is 224 g/mol. The van der Waals surface area contributed by atoms with E-state index in [1.54, 1.807) is 0 Å². The molecule has 0 radical (unpaired) electrons. The van der Waals surface area contributed by atoms with Crippen molar-refractivity contribution in [1.29, 1.82) is 0 Å². The SMILES string of the molecule is CC(C)(NC(=O)C(N)Cc1ccccc1)C1CC1. The van der Waals surface area contributed by atoms with Gasteiger partial charge in [0.05, 0.1) is 6.04 Å². The zero-order valence-electron chi connectivity index (χ0n) is 11.1. The molecule has 1 aliphatic rings. The third-order valence-electron chi connectivity index (χ3n) is 3.68. The third-order valence-corrected chi connectivity index (χ3v) is 3.68. The van der Waals surface area contributed by atoms with Gasteiger partial charge >= 0.3 is 0 Å². The molecule has 2 rings (SSSR count). The fraction of sp³-hybridized carbons (Fsp3) is 0.533. The molecule has 1 aromatic rings. The van der Waals surface area contributed by atoms with Gasteiger partial charge in [-0.1, -0.05) is 30.3 Å². The van der Waals surface area contributed by atoms with Crippen LogP contribution in [0.5, 0.6) is 0 Å². The van der Waals surface area contributed by atoms with Crippen LogP contribution in [0.25, 0.3) is 0 Å². The molecule has 0 spiro atoms. The maximum atomic E-state index is 12.1. The highest BCUT2D eigenvalue weighted by atomic mass is 16.2. The Balaban J connectivity index is 1.89. The first kappa shape index (κ1) is 13.1. The molecule has 0 aromatic heterocycles. The van der Waals surface area contributed by atoms with Gasteiger partial charge in [-0.3, -0.25) is 4.79 Å². The Morgan fingerprint density at radius 3 is 2.56 bits per heavy atom. The van der Waals surface area contributed by atoms with E-state index in [1.165, 1.54) is 12.8 Å². The lowest BCUT2D eigenvalue weighted by molar-refractivity contribution is -0.124. The van der Waals surface area contributed by atoms with Gasteiger partial charge in [0.2, 0.25) is 5.91 Å². The van der Waals surface area contributed by atoms with Crippen LogP contribution in [0.2, 0.25) is 0 Å². The molecule has 3 heteroatoms. The summed E-state index contributed by atoms with van der Waals surface area (Å²) in [6.45, 7) is 4.16. The molecule has 1 saturated carbocycles. The fourth-order valence-corrected chi connectivity index (χ4v) is 2.28. The average Bonchev–Trinajstić information content (AvgIpc) is 3.13. The molecule has 1 fully saturated rings. The van der Waals surface area contributed by atoms with Gasteiger partial charge in [0.1, 0.15) is 0 Å². The molecular formula is C15H22N2O. The van der Waals surface area contributed by atoms with E-state index in [0.717, 1.165) is 5.56 Å². The lowest BCUT2D eigenvalue weighted by Gasteiger charge is -2.28. The van der Waals surface area contributed by atoms with E-state index in [4.69, 9.17) is 5.73 Å². The number of nitrogens with two attached hydrogens (primary N) is 1. The Kier molecular flexibility index (Phi) is 3.71. The average molecular weight is 246 g/mol. The largest absolute Gasteiger partial charge is 0.350 e. The number of hydrogen-bond acceptors (Lipinski definition) is 2. The maximum Gasteiger partial charge on any atom is 0.237 e. The summed E-state index contributed by atoms with van der Waals surface area (Å²) >= 11 is 0. The number of hydrogen-bond donors (Lipinski definition) is 2. The Morgan fingerprint density at radius 2 is 2.00 bits per heavy atom. The van der Waals surface area contributed by atoms with Crippen LogP contribution in [0.4, 0.5) is 0 Å². The highest BCUT2D eigenvalue weighted by molar-refractivity contribution is 5.82. The first-order valence-electron chi connectivity index (χ1n) is 6.60. The smallest absolute Gasteiger partial charge is 0.237 e. The van der Waals surface area contributed by atoms with E-state index in [1.807, 2.05) is 30.3 Å². The van der Waals surface area contributed by atoms with Crippen LogP contribution in [0.3, 0.4) is 0 Å². The summed E-state index contributed by atoms with van der Waals surface area (Å²) in [6, 6.07) is 9.43. The first-order valence-corrected chi connectivity index (χ1v) is 6.60. The summed E-state index contributed by atoms with van der Waals surface area (Å²) < 4.78 is 0. The molecule has 98 valence electrons. The van der Waals surface area contributed by atoms with Crippen molar-refractivity contribution < 1.29 is 4.79 Å². The minimum Gasteiger partial charge on any atom is -0.350 e. The number of carbonyl (C=O) groups excluding carboxylic acids is 1. The van der Waals surface area contributed by atoms with Crippen LogP contribution >= 0.6 is 0 Å². The number of carbonyl (C=O) groups is 1. The molecule has 3 N–H and O–H groups in total. The van der Waals surface area contributed by atoms with Gasteiger partial charge < -0.3 is 11.1 Å². The van der Waals surface area contributed by atoms with Crippen LogP contribution in [0, 0.1) is 5.92 Å². The minimum absolute atomic E-state index is 0.0456. The fourth-order valence-electron chi connectivity index (χ4n) is 2.28. The van der Waals surface area contributed by atoms with Crippen molar-refractivity contribution in [2.24, 2.45) is 11.7 Å². The minimum atomic E-state index is -0.467. The number of nitrogens with one attached hydrogen (secondary N) is 1. The zero-order valence-corrected chi connectivity index (χ0v) is 11.1. The predicted octanol–water partition coefficient (Wildman–Crippen LogP) is 1.86. The highest BCUT2D eigenvalue weighted by Crippen LogP contribution is 2.39. The summed E-state index contributed by atoms with van der Waals surface area (Å²) in [6.07, 6.45) is 3.01. The van der Waals surface area contributed by atoms with E-state index in [-0.39, 0.29) is 11.4 Å². The third kappa shape index (κ3) is 3.33. The Bertz CT molecular complexity index is 410. The topological polar surface area (TPSA) is 55.1 Å². The quantitative estimate of drug-likeness (QED) is 0.833. The second kappa shape index (κ2) is 5.11. The van der Waals surface area contributed by atoms with Crippen LogP contribution in [-0.2, 0) is 11.2 Å². The Labute approximate surface area is 109 Å². The molecule has 1 unspecified atom stereocenters. The number of rotatable bonds is 5. The standard InChI is InChI=1S/C15H22N2O/c1-15(2,12-8-9-12)17-14(18)13(16)10-11-6-4-3-5-7-11/h3-7,12-13H,8-10,16H2,1-2H3,(H,17,18). The van der Waals surface area contributed by atoms with Crippen LogP contribution in [-0.4, -0.2) is 17.5 Å². The van der Waals surface area contributed by atoms with Crippen molar-refractivity contribution in [3.05, 3.63) is 35.9 Å². The molecule has 0 bridgehead atoms. The summed E-state index contributed by atoms with van der Waals surface area (Å²) in [5, 5.41) is 3.07. The van der Waals surface area contributed by atoms with Crippen molar-refractivity contribution >= 4 is 5.91 Å². The van der Waals surface area contributed by atoms with Gasteiger partial charge in [-0.15, -0.1) is 0 Å². The molecule has 1 aromatic carbocycles. The van der Waals surface area contributed by atoms with Crippen molar-refractivity contribution in [2.75, 3.05) is 0 Å². The van der Waals surface area contributed by atoms with Crippen LogP contribution in [0.15, 0.2) is 30.3 Å². The lowest BCUT2D eigenvalue weighted by atomic mass is 9.97. The van der Waals surface area contributed by atoms with Crippen LogP contribution in [0.1, 0.15) is 32.3 Å². The van der Waals surface area contributed by atoms with Crippen molar-refractivity contribution in [3.8, 4) is 0 Å². The van der Waals surface area contributed by atoms with Gasteiger partial charge in [-0.25, -0.2) is 0 Å². The molecule has 3 nitrogen and oxygen atoms in total. The summed E-state index contributed by atoms with van der Waals surface area (Å²) in [7, 11) is 0. The van der Waals surface area contributed by atoms with Gasteiger partial charge in [-0.05, 0) is 44.6 Å². The first-order chi connectivity index (χ1) is 8.49. The van der Waals surface area contributed by atoms with E-state index in [2.05, 4.69) is 19.2 Å². The van der Waals surface area contributed by atoms with E-state index in [9.17, 15) is 4.79 Å². The predicted molar refractivity (Wildman–Crippen MR) is 73.1 cm³/mol. The summed E-state index contributed by atoms with van der Waals surface area (Å²) in [5.74, 6) is 0.570. The monoisotopic (exact) mass is 246 g/mol. The number of amides is 1. The summed E-state index contributed by atoms with van der Waals surface area (Å²) in [4.78, 5) is 12.1. The molecule has 1 aliphatic carbocycles. The summed E-state index contributed by atoms with van der Waals surface area (Å²) in [5.41, 5.74) is 6.95. The maximum absolute atomic E-state index is 12.1. The molecule has 0 saturated heterocycles. The van der Waals surface area contributed by atoms with Crippen molar-refractivity contribution in [2.45, 2.75) is 44.7 Å². The molecule has 0 aliphatic heterocycles. The number of benzene rings is 1. The van der Waals surface area contributed by atoms with Gasteiger partial charge in [0.15, 0.2) is 0 Å². The van der Waals surface area contributed by atoms with Gasteiger partial charge in [0.25, 0.3) is 0 Å².